The van der Waals surface area contributed by atoms with Crippen LogP contribution in [0.2, 0.25) is 0 Å². The number of rotatable bonds is 5. The van der Waals surface area contributed by atoms with Crippen molar-refractivity contribution in [2.24, 2.45) is 5.73 Å². The van der Waals surface area contributed by atoms with Crippen LogP contribution in [0.3, 0.4) is 0 Å². The molecular formula is C21H22N4OS. The van der Waals surface area contributed by atoms with E-state index in [9.17, 15) is 4.79 Å². The van der Waals surface area contributed by atoms with E-state index in [-0.39, 0.29) is 11.9 Å². The van der Waals surface area contributed by atoms with Gasteiger partial charge in [0.1, 0.15) is 0 Å². The van der Waals surface area contributed by atoms with E-state index < -0.39 is 0 Å². The van der Waals surface area contributed by atoms with Crippen LogP contribution in [-0.4, -0.2) is 21.8 Å². The predicted octanol–water partition coefficient (Wildman–Crippen LogP) is 3.61. The number of hydrogen-bond acceptors (Lipinski definition) is 5. The SMILES string of the molecule is Cc1ccc(Nc2nc(CN3Cc4ccccc4C[C@H]3C(N)=O)cs2)cc1. The average Bonchev–Trinajstić information content (AvgIpc) is 3.10. The predicted molar refractivity (Wildman–Crippen MR) is 109 cm³/mol. The first-order valence-corrected chi connectivity index (χ1v) is 9.85. The van der Waals surface area contributed by atoms with Crippen molar-refractivity contribution in [2.75, 3.05) is 5.32 Å². The lowest BCUT2D eigenvalue weighted by molar-refractivity contribution is -0.124. The summed E-state index contributed by atoms with van der Waals surface area (Å²) < 4.78 is 0. The van der Waals surface area contributed by atoms with Gasteiger partial charge in [-0.3, -0.25) is 9.69 Å². The summed E-state index contributed by atoms with van der Waals surface area (Å²) in [6, 6.07) is 16.2. The van der Waals surface area contributed by atoms with Crippen molar-refractivity contribution in [2.45, 2.75) is 32.5 Å². The summed E-state index contributed by atoms with van der Waals surface area (Å²) in [7, 11) is 0. The van der Waals surface area contributed by atoms with Gasteiger partial charge in [0.2, 0.25) is 5.91 Å². The molecular weight excluding hydrogens is 356 g/mol. The van der Waals surface area contributed by atoms with Crippen molar-refractivity contribution in [3.8, 4) is 0 Å². The Labute approximate surface area is 162 Å². The van der Waals surface area contributed by atoms with Crippen molar-refractivity contribution < 1.29 is 4.79 Å². The van der Waals surface area contributed by atoms with E-state index in [2.05, 4.69) is 46.4 Å². The van der Waals surface area contributed by atoms with Gasteiger partial charge in [-0.15, -0.1) is 11.3 Å². The van der Waals surface area contributed by atoms with Crippen molar-refractivity contribution in [1.29, 1.82) is 0 Å². The zero-order chi connectivity index (χ0) is 18.8. The number of benzene rings is 2. The maximum atomic E-state index is 12.0. The molecule has 0 fully saturated rings. The zero-order valence-corrected chi connectivity index (χ0v) is 16.0. The number of carbonyl (C=O) groups is 1. The molecule has 27 heavy (non-hydrogen) atoms. The van der Waals surface area contributed by atoms with Crippen LogP contribution in [0.25, 0.3) is 0 Å². The minimum Gasteiger partial charge on any atom is -0.368 e. The van der Waals surface area contributed by atoms with Gasteiger partial charge in [0.15, 0.2) is 5.13 Å². The van der Waals surface area contributed by atoms with Crippen LogP contribution in [0, 0.1) is 6.92 Å². The maximum Gasteiger partial charge on any atom is 0.235 e. The molecule has 1 amide bonds. The molecule has 6 heteroatoms. The summed E-state index contributed by atoms with van der Waals surface area (Å²) in [6.07, 6.45) is 0.657. The first-order valence-electron chi connectivity index (χ1n) is 8.97. The van der Waals surface area contributed by atoms with E-state index in [4.69, 9.17) is 5.73 Å². The highest BCUT2D eigenvalue weighted by atomic mass is 32.1. The quantitative estimate of drug-likeness (QED) is 0.711. The molecule has 5 nitrogen and oxygen atoms in total. The van der Waals surface area contributed by atoms with Gasteiger partial charge in [0.25, 0.3) is 0 Å². The summed E-state index contributed by atoms with van der Waals surface area (Å²) in [6.45, 7) is 3.38. The van der Waals surface area contributed by atoms with Crippen molar-refractivity contribution >= 4 is 28.1 Å². The molecule has 1 aliphatic heterocycles. The number of amides is 1. The van der Waals surface area contributed by atoms with Gasteiger partial charge in [-0.1, -0.05) is 42.0 Å². The van der Waals surface area contributed by atoms with Crippen LogP contribution in [0.5, 0.6) is 0 Å². The van der Waals surface area contributed by atoms with E-state index in [1.54, 1.807) is 11.3 Å². The topological polar surface area (TPSA) is 71.2 Å². The number of carbonyl (C=O) groups excluding carboxylic acids is 1. The Balaban J connectivity index is 1.49. The van der Waals surface area contributed by atoms with Crippen LogP contribution in [0.4, 0.5) is 10.8 Å². The highest BCUT2D eigenvalue weighted by Gasteiger charge is 2.30. The van der Waals surface area contributed by atoms with E-state index in [1.165, 1.54) is 16.7 Å². The molecule has 0 radical (unpaired) electrons. The highest BCUT2D eigenvalue weighted by Crippen LogP contribution is 2.27. The highest BCUT2D eigenvalue weighted by molar-refractivity contribution is 7.13. The monoisotopic (exact) mass is 378 g/mol. The fourth-order valence-electron chi connectivity index (χ4n) is 3.43. The van der Waals surface area contributed by atoms with Gasteiger partial charge in [0.05, 0.1) is 11.7 Å². The Morgan fingerprint density at radius 1 is 1.22 bits per heavy atom. The third-order valence-corrected chi connectivity index (χ3v) is 5.70. The second-order valence-electron chi connectivity index (χ2n) is 6.93. The smallest absolute Gasteiger partial charge is 0.235 e. The number of aryl methyl sites for hydroxylation is 1. The van der Waals surface area contributed by atoms with Gasteiger partial charge in [-0.2, -0.15) is 0 Å². The summed E-state index contributed by atoms with van der Waals surface area (Å²) in [5.74, 6) is -0.280. The third-order valence-electron chi connectivity index (χ3n) is 4.89. The number of nitrogens with one attached hydrogen (secondary N) is 1. The number of hydrogen-bond donors (Lipinski definition) is 2. The molecule has 1 atom stereocenters. The number of nitrogens with zero attached hydrogens (tertiary/aromatic N) is 2. The number of anilines is 2. The second kappa shape index (κ2) is 7.50. The van der Waals surface area contributed by atoms with Crippen LogP contribution in [0.15, 0.2) is 53.9 Å². The summed E-state index contributed by atoms with van der Waals surface area (Å²) in [4.78, 5) is 18.8. The number of thiazole rings is 1. The Bertz CT molecular complexity index is 951. The molecule has 3 N–H and O–H groups in total. The minimum absolute atomic E-state index is 0.280. The van der Waals surface area contributed by atoms with Gasteiger partial charge >= 0.3 is 0 Å². The molecule has 0 spiro atoms. The molecule has 1 aromatic heterocycles. The second-order valence-corrected chi connectivity index (χ2v) is 7.79. The summed E-state index contributed by atoms with van der Waals surface area (Å²) in [5, 5.41) is 6.22. The van der Waals surface area contributed by atoms with Gasteiger partial charge in [-0.05, 0) is 36.6 Å². The number of primary amides is 1. The molecule has 0 saturated heterocycles. The maximum absolute atomic E-state index is 12.0. The van der Waals surface area contributed by atoms with Crippen molar-refractivity contribution in [1.82, 2.24) is 9.88 Å². The number of fused-ring (bicyclic) bond motifs is 1. The molecule has 138 valence electrons. The average molecular weight is 379 g/mol. The van der Waals surface area contributed by atoms with E-state index >= 15 is 0 Å². The van der Waals surface area contributed by atoms with Crippen LogP contribution in [0.1, 0.15) is 22.4 Å². The fraction of sp³-hybridized carbons (Fsp3) is 0.238. The summed E-state index contributed by atoms with van der Waals surface area (Å²) in [5.41, 5.74) is 11.3. The first kappa shape index (κ1) is 17.7. The van der Waals surface area contributed by atoms with Crippen LogP contribution < -0.4 is 11.1 Å². The van der Waals surface area contributed by atoms with Crippen LogP contribution >= 0.6 is 11.3 Å². The Morgan fingerprint density at radius 3 is 2.70 bits per heavy atom. The fourth-order valence-corrected chi connectivity index (χ4v) is 4.15. The molecule has 0 unspecified atom stereocenters. The number of nitrogens with two attached hydrogens (primary N) is 1. The van der Waals surface area contributed by atoms with Crippen LogP contribution in [-0.2, 0) is 24.3 Å². The lowest BCUT2D eigenvalue weighted by Crippen LogP contribution is -2.48. The van der Waals surface area contributed by atoms with Gasteiger partial charge < -0.3 is 11.1 Å². The molecule has 3 aromatic rings. The minimum atomic E-state index is -0.296. The Hall–Kier alpha value is -2.70. The molecule has 1 aliphatic rings. The molecule has 0 saturated carbocycles. The molecule has 2 heterocycles. The van der Waals surface area contributed by atoms with Gasteiger partial charge in [-0.25, -0.2) is 4.98 Å². The van der Waals surface area contributed by atoms with E-state index in [1.807, 2.05) is 29.6 Å². The Kier molecular flexibility index (Phi) is 4.92. The zero-order valence-electron chi connectivity index (χ0n) is 15.2. The molecule has 0 bridgehead atoms. The normalized spacial score (nSPS) is 16.7. The van der Waals surface area contributed by atoms with E-state index in [0.29, 0.717) is 19.5 Å². The van der Waals surface area contributed by atoms with Gasteiger partial charge in [0, 0.05) is 24.2 Å². The van der Waals surface area contributed by atoms with E-state index in [0.717, 1.165) is 16.5 Å². The van der Waals surface area contributed by atoms with Crippen molar-refractivity contribution in [3.05, 3.63) is 76.3 Å². The molecule has 0 aliphatic carbocycles. The lowest BCUT2D eigenvalue weighted by Gasteiger charge is -2.34. The third kappa shape index (κ3) is 4.02. The largest absolute Gasteiger partial charge is 0.368 e. The lowest BCUT2D eigenvalue weighted by atomic mass is 9.93. The molecule has 2 aromatic carbocycles. The standard InChI is InChI=1S/C21H22N4OS/c1-14-6-8-17(9-7-14)23-21-24-18(13-27-21)12-25-11-16-5-3-2-4-15(16)10-19(25)20(22)26/h2-9,13,19H,10-12H2,1H3,(H2,22,26)(H,23,24)/t19-/m0/s1. The molecule has 4 rings (SSSR count). The Morgan fingerprint density at radius 2 is 1.96 bits per heavy atom. The van der Waals surface area contributed by atoms with Crippen molar-refractivity contribution in [3.63, 3.8) is 0 Å². The first-order chi connectivity index (χ1) is 13.1. The summed E-state index contributed by atoms with van der Waals surface area (Å²) >= 11 is 1.57. The number of aromatic nitrogens is 1.